The van der Waals surface area contributed by atoms with Gasteiger partial charge in [0.2, 0.25) is 5.91 Å². The van der Waals surface area contributed by atoms with Gasteiger partial charge in [0.05, 0.1) is 12.0 Å². The molecule has 1 saturated carbocycles. The van der Waals surface area contributed by atoms with Gasteiger partial charge in [-0.15, -0.1) is 0 Å². The standard InChI is InChI=1S/C20H30N2O2/c23-19(16-7-3-1-4-8-16)11-13-21-20(24)17-12-14-22(15-17)18-9-5-2-6-10-18/h1,3-4,7-8,17-19,23H,2,5-6,9-15H2,(H,21,24). The Morgan fingerprint density at radius 3 is 2.67 bits per heavy atom. The molecule has 2 unspecified atom stereocenters. The molecule has 4 nitrogen and oxygen atoms in total. The Labute approximate surface area is 145 Å². The average molecular weight is 330 g/mol. The van der Waals surface area contributed by atoms with E-state index in [1.54, 1.807) is 0 Å². The highest BCUT2D eigenvalue weighted by Gasteiger charge is 2.32. The van der Waals surface area contributed by atoms with E-state index in [1.165, 1.54) is 32.1 Å². The van der Waals surface area contributed by atoms with Gasteiger partial charge in [-0.3, -0.25) is 9.69 Å². The molecule has 1 amide bonds. The summed E-state index contributed by atoms with van der Waals surface area (Å²) in [6.07, 6.45) is 7.70. The van der Waals surface area contributed by atoms with Crippen LogP contribution in [0.15, 0.2) is 30.3 Å². The lowest BCUT2D eigenvalue weighted by Crippen LogP contribution is -2.38. The minimum absolute atomic E-state index is 0.126. The van der Waals surface area contributed by atoms with E-state index in [4.69, 9.17) is 0 Å². The van der Waals surface area contributed by atoms with Crippen LogP contribution in [-0.2, 0) is 4.79 Å². The van der Waals surface area contributed by atoms with Crippen molar-refractivity contribution in [1.82, 2.24) is 10.2 Å². The largest absolute Gasteiger partial charge is 0.388 e. The zero-order chi connectivity index (χ0) is 16.8. The number of benzene rings is 1. The van der Waals surface area contributed by atoms with Crippen molar-refractivity contribution < 1.29 is 9.90 Å². The monoisotopic (exact) mass is 330 g/mol. The van der Waals surface area contributed by atoms with Gasteiger partial charge in [-0.25, -0.2) is 0 Å². The first-order chi connectivity index (χ1) is 11.7. The van der Waals surface area contributed by atoms with Crippen molar-refractivity contribution in [3.63, 3.8) is 0 Å². The van der Waals surface area contributed by atoms with Crippen molar-refractivity contribution in [2.75, 3.05) is 19.6 Å². The van der Waals surface area contributed by atoms with E-state index in [2.05, 4.69) is 10.2 Å². The van der Waals surface area contributed by atoms with E-state index < -0.39 is 6.10 Å². The summed E-state index contributed by atoms with van der Waals surface area (Å²) in [7, 11) is 0. The molecular formula is C20H30N2O2. The number of nitrogens with one attached hydrogen (secondary N) is 1. The molecule has 1 aromatic carbocycles. The first kappa shape index (κ1) is 17.4. The first-order valence-electron chi connectivity index (χ1n) is 9.49. The van der Waals surface area contributed by atoms with Crippen LogP contribution in [0.4, 0.5) is 0 Å². The fourth-order valence-corrected chi connectivity index (χ4v) is 4.10. The third kappa shape index (κ3) is 4.58. The van der Waals surface area contributed by atoms with E-state index >= 15 is 0 Å². The number of amides is 1. The molecule has 1 aliphatic carbocycles. The molecule has 0 bridgehead atoms. The van der Waals surface area contributed by atoms with Crippen LogP contribution in [-0.4, -0.2) is 41.6 Å². The predicted molar refractivity (Wildman–Crippen MR) is 95.6 cm³/mol. The van der Waals surface area contributed by atoms with Crippen molar-refractivity contribution in [1.29, 1.82) is 0 Å². The fourth-order valence-electron chi connectivity index (χ4n) is 4.10. The Morgan fingerprint density at radius 2 is 1.92 bits per heavy atom. The third-order valence-electron chi connectivity index (χ3n) is 5.58. The van der Waals surface area contributed by atoms with Gasteiger partial charge >= 0.3 is 0 Å². The highest BCUT2D eigenvalue weighted by molar-refractivity contribution is 5.79. The zero-order valence-corrected chi connectivity index (χ0v) is 14.5. The Kier molecular flexibility index (Phi) is 6.27. The molecule has 1 heterocycles. The number of carbonyl (C=O) groups excluding carboxylic acids is 1. The molecule has 1 aromatic rings. The van der Waals surface area contributed by atoms with E-state index in [0.717, 1.165) is 25.1 Å². The molecule has 1 saturated heterocycles. The van der Waals surface area contributed by atoms with Crippen molar-refractivity contribution >= 4 is 5.91 Å². The van der Waals surface area contributed by atoms with E-state index in [0.29, 0.717) is 19.0 Å². The SMILES string of the molecule is O=C(NCCC(O)c1ccccc1)C1CCN(C2CCCCC2)C1. The van der Waals surface area contributed by atoms with Gasteiger partial charge in [0.15, 0.2) is 0 Å². The second-order valence-electron chi connectivity index (χ2n) is 7.28. The van der Waals surface area contributed by atoms with E-state index in [9.17, 15) is 9.90 Å². The van der Waals surface area contributed by atoms with Crippen LogP contribution in [0.2, 0.25) is 0 Å². The summed E-state index contributed by atoms with van der Waals surface area (Å²) >= 11 is 0. The number of aliphatic hydroxyl groups excluding tert-OH is 1. The number of hydrogen-bond donors (Lipinski definition) is 2. The summed E-state index contributed by atoms with van der Waals surface area (Å²) in [5.74, 6) is 0.286. The molecule has 132 valence electrons. The molecule has 4 heteroatoms. The Morgan fingerprint density at radius 1 is 1.17 bits per heavy atom. The predicted octanol–water partition coefficient (Wildman–Crippen LogP) is 2.88. The van der Waals surface area contributed by atoms with Crippen molar-refractivity contribution in [2.45, 2.75) is 57.1 Å². The molecule has 24 heavy (non-hydrogen) atoms. The maximum atomic E-state index is 12.4. The zero-order valence-electron chi connectivity index (χ0n) is 14.5. The lowest BCUT2D eigenvalue weighted by atomic mass is 9.94. The van der Waals surface area contributed by atoms with Gasteiger partial charge in [-0.05, 0) is 37.8 Å². The Hall–Kier alpha value is -1.39. The molecule has 2 N–H and O–H groups in total. The molecule has 1 aliphatic heterocycles. The van der Waals surface area contributed by atoms with Gasteiger partial charge in [0.1, 0.15) is 0 Å². The normalized spacial score (nSPS) is 24.0. The molecule has 0 aromatic heterocycles. The van der Waals surface area contributed by atoms with Gasteiger partial charge in [0.25, 0.3) is 0 Å². The van der Waals surface area contributed by atoms with Crippen LogP contribution in [0, 0.1) is 5.92 Å². The summed E-state index contributed by atoms with van der Waals surface area (Å²) in [4.78, 5) is 14.9. The second kappa shape index (κ2) is 8.63. The third-order valence-corrected chi connectivity index (χ3v) is 5.58. The van der Waals surface area contributed by atoms with Crippen LogP contribution in [0.1, 0.15) is 56.6 Å². The maximum absolute atomic E-state index is 12.4. The average Bonchev–Trinajstić information content (AvgIpc) is 3.13. The number of rotatable bonds is 6. The molecule has 0 radical (unpaired) electrons. The number of hydrogen-bond acceptors (Lipinski definition) is 3. The number of aliphatic hydroxyl groups is 1. The van der Waals surface area contributed by atoms with Gasteiger partial charge in [-0.2, -0.15) is 0 Å². The molecule has 0 spiro atoms. The van der Waals surface area contributed by atoms with E-state index in [-0.39, 0.29) is 11.8 Å². The number of likely N-dealkylation sites (tertiary alicyclic amines) is 1. The van der Waals surface area contributed by atoms with Crippen molar-refractivity contribution in [3.05, 3.63) is 35.9 Å². The lowest BCUT2D eigenvalue weighted by Gasteiger charge is -2.30. The van der Waals surface area contributed by atoms with Crippen LogP contribution in [0.5, 0.6) is 0 Å². The van der Waals surface area contributed by atoms with E-state index in [1.807, 2.05) is 30.3 Å². The number of nitrogens with zero attached hydrogens (tertiary/aromatic N) is 1. The summed E-state index contributed by atoms with van der Waals surface area (Å²) in [5, 5.41) is 13.2. The lowest BCUT2D eigenvalue weighted by molar-refractivity contribution is -0.124. The number of carbonyl (C=O) groups is 1. The van der Waals surface area contributed by atoms with Crippen LogP contribution < -0.4 is 5.32 Å². The van der Waals surface area contributed by atoms with Crippen LogP contribution in [0.25, 0.3) is 0 Å². The smallest absolute Gasteiger partial charge is 0.224 e. The molecule has 2 atom stereocenters. The molecule has 3 rings (SSSR count). The quantitative estimate of drug-likeness (QED) is 0.843. The summed E-state index contributed by atoms with van der Waals surface area (Å²) in [6.45, 7) is 2.52. The topological polar surface area (TPSA) is 52.6 Å². The Balaban J connectivity index is 1.38. The first-order valence-corrected chi connectivity index (χ1v) is 9.49. The molecule has 2 aliphatic rings. The van der Waals surface area contributed by atoms with Crippen molar-refractivity contribution in [2.24, 2.45) is 5.92 Å². The maximum Gasteiger partial charge on any atom is 0.224 e. The van der Waals surface area contributed by atoms with Crippen LogP contribution in [0.3, 0.4) is 0 Å². The van der Waals surface area contributed by atoms with Gasteiger partial charge in [0, 0.05) is 19.1 Å². The summed E-state index contributed by atoms with van der Waals surface area (Å²) in [5.41, 5.74) is 0.913. The van der Waals surface area contributed by atoms with Gasteiger partial charge in [-0.1, -0.05) is 49.6 Å². The van der Waals surface area contributed by atoms with Crippen LogP contribution >= 0.6 is 0 Å². The Bertz CT molecular complexity index is 514. The minimum Gasteiger partial charge on any atom is -0.388 e. The highest BCUT2D eigenvalue weighted by atomic mass is 16.3. The fraction of sp³-hybridized carbons (Fsp3) is 0.650. The van der Waals surface area contributed by atoms with Crippen molar-refractivity contribution in [3.8, 4) is 0 Å². The molecular weight excluding hydrogens is 300 g/mol. The minimum atomic E-state index is -0.506. The summed E-state index contributed by atoms with van der Waals surface area (Å²) < 4.78 is 0. The van der Waals surface area contributed by atoms with Gasteiger partial charge < -0.3 is 10.4 Å². The molecule has 2 fully saturated rings. The second-order valence-corrected chi connectivity index (χ2v) is 7.28. The summed E-state index contributed by atoms with van der Waals surface area (Å²) in [6, 6.07) is 10.3. The highest BCUT2D eigenvalue weighted by Crippen LogP contribution is 2.27.